The van der Waals surface area contributed by atoms with Crippen molar-refractivity contribution in [2.45, 2.75) is 407 Å². The molecule has 0 amide bonds. The van der Waals surface area contributed by atoms with Gasteiger partial charge < -0.3 is 14.2 Å². The highest BCUT2D eigenvalue weighted by Gasteiger charge is 2.20. The third-order valence-corrected chi connectivity index (χ3v) is 16.6. The third kappa shape index (κ3) is 61.6. The van der Waals surface area contributed by atoms with Crippen LogP contribution in [0.5, 0.6) is 0 Å². The first-order valence-electron chi connectivity index (χ1n) is 34.8. The first kappa shape index (κ1) is 74.4. The normalized spacial score (nSPS) is 12.4. The standard InChI is InChI=1S/C70H136O6/c1-6-8-9-10-11-12-13-14-15-16-17-22-25-32-37-42-47-52-57-62-70(73)76-67(64-75-69(72)61-56-51-46-41-36-31-27-26-29-34-39-44-49-54-59-66(5)7-2)63-74-68(71)60-55-50-45-40-35-30-24-21-19-18-20-23-28-33-38-43-48-53-58-65(3)4/h65-67H,6-64H2,1-5H3/t66?,67-/m1/s1. The minimum atomic E-state index is -0.765. The van der Waals surface area contributed by atoms with E-state index in [0.717, 1.165) is 69.6 Å². The molecule has 452 valence electrons. The molecule has 0 aromatic carbocycles. The zero-order valence-electron chi connectivity index (χ0n) is 52.4. The first-order valence-corrected chi connectivity index (χ1v) is 34.8. The molecule has 0 aromatic heterocycles. The second-order valence-corrected chi connectivity index (χ2v) is 24.9. The van der Waals surface area contributed by atoms with Crippen LogP contribution in [0.1, 0.15) is 401 Å². The van der Waals surface area contributed by atoms with E-state index in [1.165, 1.54) is 289 Å². The lowest BCUT2D eigenvalue weighted by Gasteiger charge is -2.18. The Bertz CT molecular complexity index is 1170. The monoisotopic (exact) mass is 1070 g/mol. The van der Waals surface area contributed by atoms with Crippen LogP contribution in [-0.4, -0.2) is 37.2 Å². The van der Waals surface area contributed by atoms with Crippen LogP contribution < -0.4 is 0 Å². The number of carbonyl (C=O) groups is 3. The van der Waals surface area contributed by atoms with Crippen LogP contribution in [0, 0.1) is 11.8 Å². The molecule has 76 heavy (non-hydrogen) atoms. The zero-order chi connectivity index (χ0) is 55.3. The van der Waals surface area contributed by atoms with Gasteiger partial charge in [-0.1, -0.05) is 362 Å². The van der Waals surface area contributed by atoms with Crippen LogP contribution in [0.15, 0.2) is 0 Å². The van der Waals surface area contributed by atoms with Gasteiger partial charge in [-0.25, -0.2) is 0 Å². The molecule has 0 heterocycles. The highest BCUT2D eigenvalue weighted by molar-refractivity contribution is 5.71. The van der Waals surface area contributed by atoms with Crippen molar-refractivity contribution in [3.8, 4) is 0 Å². The maximum Gasteiger partial charge on any atom is 0.306 e. The largest absolute Gasteiger partial charge is 0.462 e. The van der Waals surface area contributed by atoms with E-state index in [-0.39, 0.29) is 31.1 Å². The van der Waals surface area contributed by atoms with Gasteiger partial charge in [-0.15, -0.1) is 0 Å². The fraction of sp³-hybridized carbons (Fsp3) is 0.957. The number of hydrogen-bond acceptors (Lipinski definition) is 6. The van der Waals surface area contributed by atoms with Crippen molar-refractivity contribution < 1.29 is 28.6 Å². The second kappa shape index (κ2) is 62.6. The van der Waals surface area contributed by atoms with Gasteiger partial charge in [-0.05, 0) is 31.1 Å². The number of hydrogen-bond donors (Lipinski definition) is 0. The van der Waals surface area contributed by atoms with E-state index in [4.69, 9.17) is 14.2 Å². The molecule has 0 aliphatic heterocycles. The maximum atomic E-state index is 12.9. The van der Waals surface area contributed by atoms with Gasteiger partial charge in [0.15, 0.2) is 6.10 Å². The maximum absolute atomic E-state index is 12.9. The molecule has 0 spiro atoms. The predicted octanol–water partition coefficient (Wildman–Crippen LogP) is 23.6. The number of unbranched alkanes of at least 4 members (excludes halogenated alkanes) is 48. The summed E-state index contributed by atoms with van der Waals surface area (Å²) in [6.45, 7) is 11.5. The lowest BCUT2D eigenvalue weighted by atomic mass is 9.99. The average Bonchev–Trinajstić information content (AvgIpc) is 3.41. The molecule has 0 saturated heterocycles. The molecule has 6 heteroatoms. The van der Waals surface area contributed by atoms with Crippen molar-refractivity contribution in [3.05, 3.63) is 0 Å². The molecule has 1 unspecified atom stereocenters. The van der Waals surface area contributed by atoms with Crippen LogP contribution in [0.3, 0.4) is 0 Å². The summed E-state index contributed by atoms with van der Waals surface area (Å²) >= 11 is 0. The van der Waals surface area contributed by atoms with E-state index in [1.807, 2.05) is 0 Å². The van der Waals surface area contributed by atoms with Gasteiger partial charge >= 0.3 is 17.9 Å². The van der Waals surface area contributed by atoms with E-state index in [2.05, 4.69) is 34.6 Å². The van der Waals surface area contributed by atoms with E-state index >= 15 is 0 Å². The smallest absolute Gasteiger partial charge is 0.306 e. The van der Waals surface area contributed by atoms with Crippen LogP contribution in [0.2, 0.25) is 0 Å². The molecule has 0 saturated carbocycles. The van der Waals surface area contributed by atoms with Gasteiger partial charge in [0.05, 0.1) is 0 Å². The Hall–Kier alpha value is -1.59. The van der Waals surface area contributed by atoms with Gasteiger partial charge in [0, 0.05) is 19.3 Å². The molecule has 6 nitrogen and oxygen atoms in total. The molecular formula is C70H136O6. The van der Waals surface area contributed by atoms with E-state index in [1.54, 1.807) is 0 Å². The van der Waals surface area contributed by atoms with Crippen molar-refractivity contribution in [1.82, 2.24) is 0 Å². The fourth-order valence-corrected chi connectivity index (χ4v) is 11.0. The molecule has 0 bridgehead atoms. The van der Waals surface area contributed by atoms with E-state index < -0.39 is 6.10 Å². The minimum Gasteiger partial charge on any atom is -0.462 e. The molecule has 0 N–H and O–H groups in total. The summed E-state index contributed by atoms with van der Waals surface area (Å²) in [4.78, 5) is 38.4. The fourth-order valence-electron chi connectivity index (χ4n) is 11.0. The highest BCUT2D eigenvalue weighted by atomic mass is 16.6. The first-order chi connectivity index (χ1) is 37.3. The summed E-state index contributed by atoms with van der Waals surface area (Å²) in [6, 6.07) is 0. The zero-order valence-corrected chi connectivity index (χ0v) is 52.4. The van der Waals surface area contributed by atoms with Crippen LogP contribution in [0.25, 0.3) is 0 Å². The van der Waals surface area contributed by atoms with Gasteiger partial charge in [-0.3, -0.25) is 14.4 Å². The van der Waals surface area contributed by atoms with Gasteiger partial charge in [0.1, 0.15) is 13.2 Å². The average molecular weight is 1070 g/mol. The van der Waals surface area contributed by atoms with Crippen molar-refractivity contribution in [1.29, 1.82) is 0 Å². The molecule has 0 aliphatic carbocycles. The molecule has 0 rings (SSSR count). The Morgan fingerprint density at radius 2 is 0.500 bits per heavy atom. The summed E-state index contributed by atoms with van der Waals surface area (Å²) in [5, 5.41) is 0. The quantitative estimate of drug-likeness (QED) is 0.0343. The molecule has 0 aromatic rings. The van der Waals surface area contributed by atoms with Crippen LogP contribution >= 0.6 is 0 Å². The Balaban J connectivity index is 4.28. The summed E-state index contributed by atoms with van der Waals surface area (Å²) < 4.78 is 17.0. The predicted molar refractivity (Wildman–Crippen MR) is 330 cm³/mol. The van der Waals surface area contributed by atoms with Crippen molar-refractivity contribution in [2.75, 3.05) is 13.2 Å². The molecular weight excluding hydrogens is 937 g/mol. The number of ether oxygens (including phenoxy) is 3. The summed E-state index contributed by atoms with van der Waals surface area (Å²) in [5.41, 5.74) is 0. The molecule has 0 aliphatic rings. The Morgan fingerprint density at radius 1 is 0.276 bits per heavy atom. The SMILES string of the molecule is CCCCCCCCCCCCCCCCCCCCCC(=O)O[C@H](COC(=O)CCCCCCCCCCCCCCCCCCCCC(C)C)COC(=O)CCCCCCCCCCCCCCCCC(C)CC. The Kier molecular flexibility index (Phi) is 61.3. The molecule has 2 atom stereocenters. The summed E-state index contributed by atoms with van der Waals surface area (Å²) in [6.07, 6.45) is 71.1. The number of carbonyl (C=O) groups excluding carboxylic acids is 3. The van der Waals surface area contributed by atoms with Crippen molar-refractivity contribution in [2.24, 2.45) is 11.8 Å². The Labute approximate surface area is 476 Å². The summed E-state index contributed by atoms with van der Waals surface area (Å²) in [7, 11) is 0. The van der Waals surface area contributed by atoms with Gasteiger partial charge in [0.25, 0.3) is 0 Å². The molecule has 0 fully saturated rings. The van der Waals surface area contributed by atoms with Gasteiger partial charge in [-0.2, -0.15) is 0 Å². The summed E-state index contributed by atoms with van der Waals surface area (Å²) in [5.74, 6) is 0.930. The van der Waals surface area contributed by atoms with Gasteiger partial charge in [0.2, 0.25) is 0 Å². The number of rotatable bonds is 64. The lowest BCUT2D eigenvalue weighted by Crippen LogP contribution is -2.30. The highest BCUT2D eigenvalue weighted by Crippen LogP contribution is 2.20. The van der Waals surface area contributed by atoms with E-state index in [0.29, 0.717) is 19.3 Å². The van der Waals surface area contributed by atoms with Crippen molar-refractivity contribution >= 4 is 17.9 Å². The second-order valence-electron chi connectivity index (χ2n) is 24.9. The van der Waals surface area contributed by atoms with Crippen LogP contribution in [0.4, 0.5) is 0 Å². The van der Waals surface area contributed by atoms with Crippen LogP contribution in [-0.2, 0) is 28.6 Å². The van der Waals surface area contributed by atoms with E-state index in [9.17, 15) is 14.4 Å². The number of esters is 3. The third-order valence-electron chi connectivity index (χ3n) is 16.6. The lowest BCUT2D eigenvalue weighted by molar-refractivity contribution is -0.167. The van der Waals surface area contributed by atoms with Crippen molar-refractivity contribution in [3.63, 3.8) is 0 Å². The Morgan fingerprint density at radius 3 is 0.750 bits per heavy atom. The minimum absolute atomic E-state index is 0.0613. The molecule has 0 radical (unpaired) electrons. The topological polar surface area (TPSA) is 78.9 Å².